The number of piperazine rings is 1. The van der Waals surface area contributed by atoms with Crippen molar-refractivity contribution in [1.29, 1.82) is 0 Å². The molecule has 1 aliphatic heterocycles. The standard InChI is InChI=1S/C32H31N7O2/c1-41-21-15-29(40)38-19-17-37(18-20-38)22-23-9-11-25(12-10-23)39-31(26-8-5-16-34-30(26)33)36-28-14-13-27(35-32(28)39)24-6-3-2-4-7-24/h2-16,21H,17-20,22H2,1H3,(H2,33,34)/b21-15+. The monoisotopic (exact) mass is 545 g/mol. The van der Waals surface area contributed by atoms with Crippen molar-refractivity contribution in [2.45, 2.75) is 6.54 Å². The number of hydrogen-bond donors (Lipinski definition) is 1. The van der Waals surface area contributed by atoms with Gasteiger partial charge >= 0.3 is 0 Å². The Labute approximate surface area is 238 Å². The van der Waals surface area contributed by atoms with Crippen molar-refractivity contribution >= 4 is 22.9 Å². The normalized spacial score (nSPS) is 14.1. The molecule has 1 aliphatic rings. The van der Waals surface area contributed by atoms with Crippen LogP contribution in [0.4, 0.5) is 5.82 Å². The maximum atomic E-state index is 12.2. The molecule has 0 radical (unpaired) electrons. The molecule has 1 fully saturated rings. The Morgan fingerprint density at radius 3 is 2.44 bits per heavy atom. The van der Waals surface area contributed by atoms with E-state index in [-0.39, 0.29) is 5.91 Å². The minimum Gasteiger partial charge on any atom is -0.504 e. The molecule has 1 saturated heterocycles. The smallest absolute Gasteiger partial charge is 0.249 e. The van der Waals surface area contributed by atoms with E-state index in [1.54, 1.807) is 6.20 Å². The van der Waals surface area contributed by atoms with Crippen molar-refractivity contribution in [2.75, 3.05) is 39.0 Å². The number of nitrogen functional groups attached to an aromatic ring is 1. The van der Waals surface area contributed by atoms with Crippen LogP contribution in [0.1, 0.15) is 5.56 Å². The van der Waals surface area contributed by atoms with Gasteiger partial charge in [0.2, 0.25) is 5.91 Å². The minimum absolute atomic E-state index is 0.0162. The molecule has 0 spiro atoms. The second-order valence-electron chi connectivity index (χ2n) is 9.92. The molecule has 9 heteroatoms. The number of carbonyl (C=O) groups excluding carboxylic acids is 1. The Bertz CT molecular complexity index is 1690. The van der Waals surface area contributed by atoms with Crippen LogP contribution in [0.5, 0.6) is 0 Å². The van der Waals surface area contributed by atoms with E-state index >= 15 is 0 Å². The Hall–Kier alpha value is -5.02. The number of fused-ring (bicyclic) bond motifs is 1. The second kappa shape index (κ2) is 11.6. The molecule has 0 atom stereocenters. The van der Waals surface area contributed by atoms with Gasteiger partial charge in [-0.3, -0.25) is 14.3 Å². The number of pyridine rings is 2. The lowest BCUT2D eigenvalue weighted by atomic mass is 10.1. The van der Waals surface area contributed by atoms with Crippen LogP contribution in [-0.2, 0) is 16.1 Å². The summed E-state index contributed by atoms with van der Waals surface area (Å²) in [7, 11) is 1.54. The van der Waals surface area contributed by atoms with Gasteiger partial charge in [0.05, 0.1) is 24.6 Å². The van der Waals surface area contributed by atoms with E-state index < -0.39 is 0 Å². The van der Waals surface area contributed by atoms with Crippen molar-refractivity contribution in [3.8, 4) is 28.3 Å². The van der Waals surface area contributed by atoms with E-state index in [1.807, 2.05) is 47.4 Å². The molecule has 6 rings (SSSR count). The molecule has 41 heavy (non-hydrogen) atoms. The van der Waals surface area contributed by atoms with E-state index in [4.69, 9.17) is 20.4 Å². The van der Waals surface area contributed by atoms with Gasteiger partial charge in [0.15, 0.2) is 11.5 Å². The number of benzene rings is 2. The van der Waals surface area contributed by atoms with Gasteiger partial charge in [-0.25, -0.2) is 15.0 Å². The van der Waals surface area contributed by atoms with Crippen molar-refractivity contribution in [1.82, 2.24) is 29.3 Å². The summed E-state index contributed by atoms with van der Waals surface area (Å²) in [6, 6.07) is 26.4. The van der Waals surface area contributed by atoms with Gasteiger partial charge in [-0.15, -0.1) is 0 Å². The highest BCUT2D eigenvalue weighted by molar-refractivity contribution is 5.87. The highest BCUT2D eigenvalue weighted by atomic mass is 16.5. The maximum Gasteiger partial charge on any atom is 0.249 e. The molecule has 9 nitrogen and oxygen atoms in total. The van der Waals surface area contributed by atoms with E-state index in [9.17, 15) is 4.79 Å². The van der Waals surface area contributed by atoms with Gasteiger partial charge in [-0.1, -0.05) is 42.5 Å². The van der Waals surface area contributed by atoms with Crippen LogP contribution in [0.3, 0.4) is 0 Å². The lowest BCUT2D eigenvalue weighted by Gasteiger charge is -2.34. The zero-order chi connectivity index (χ0) is 28.2. The van der Waals surface area contributed by atoms with Crippen LogP contribution in [0, 0.1) is 0 Å². The number of ether oxygens (including phenoxy) is 1. The number of hydrogen-bond acceptors (Lipinski definition) is 7. The summed E-state index contributed by atoms with van der Waals surface area (Å²) in [6.45, 7) is 3.82. The first-order valence-corrected chi connectivity index (χ1v) is 13.6. The molecule has 5 aromatic rings. The molecule has 2 N–H and O–H groups in total. The summed E-state index contributed by atoms with van der Waals surface area (Å²) in [4.78, 5) is 30.7. The average molecular weight is 546 g/mol. The Morgan fingerprint density at radius 2 is 1.71 bits per heavy atom. The van der Waals surface area contributed by atoms with Gasteiger partial charge in [-0.05, 0) is 42.0 Å². The summed E-state index contributed by atoms with van der Waals surface area (Å²) in [6.07, 6.45) is 4.57. The summed E-state index contributed by atoms with van der Waals surface area (Å²) in [5.41, 5.74) is 12.6. The summed E-state index contributed by atoms with van der Waals surface area (Å²) in [5.74, 6) is 1.09. The average Bonchev–Trinajstić information content (AvgIpc) is 3.40. The molecule has 1 amide bonds. The van der Waals surface area contributed by atoms with Crippen LogP contribution in [0.15, 0.2) is 97.4 Å². The SMILES string of the molecule is CO/C=C/C(=O)N1CCN(Cc2ccc(-n3c(-c4cccnc4N)nc4ccc(-c5ccccc5)nc43)cc2)CC1. The van der Waals surface area contributed by atoms with Crippen LogP contribution >= 0.6 is 0 Å². The Morgan fingerprint density at radius 1 is 0.927 bits per heavy atom. The fraction of sp³-hybridized carbons (Fsp3) is 0.188. The summed E-state index contributed by atoms with van der Waals surface area (Å²) < 4.78 is 6.92. The van der Waals surface area contributed by atoms with E-state index in [2.05, 4.69) is 50.8 Å². The number of anilines is 1. The number of imidazole rings is 1. The lowest BCUT2D eigenvalue weighted by molar-refractivity contribution is -0.127. The van der Waals surface area contributed by atoms with Gasteiger partial charge in [0.25, 0.3) is 0 Å². The molecular formula is C32H31N7O2. The predicted molar refractivity (Wildman–Crippen MR) is 160 cm³/mol. The van der Waals surface area contributed by atoms with Gasteiger partial charge in [0.1, 0.15) is 11.3 Å². The molecule has 3 aromatic heterocycles. The topological polar surface area (TPSA) is 102 Å². The van der Waals surface area contributed by atoms with Gasteiger partial charge in [0, 0.05) is 56.2 Å². The van der Waals surface area contributed by atoms with Crippen molar-refractivity contribution in [2.24, 2.45) is 0 Å². The molecule has 0 aliphatic carbocycles. The van der Waals surface area contributed by atoms with Crippen molar-refractivity contribution < 1.29 is 9.53 Å². The highest BCUT2D eigenvalue weighted by Crippen LogP contribution is 2.31. The number of methoxy groups -OCH3 is 1. The first-order valence-electron chi connectivity index (χ1n) is 13.6. The van der Waals surface area contributed by atoms with Crippen LogP contribution in [-0.4, -0.2) is 68.5 Å². The fourth-order valence-corrected chi connectivity index (χ4v) is 5.13. The molecule has 0 unspecified atom stereocenters. The first-order chi connectivity index (χ1) is 20.1. The third-order valence-corrected chi connectivity index (χ3v) is 7.28. The quantitative estimate of drug-likeness (QED) is 0.237. The molecule has 206 valence electrons. The number of amides is 1. The maximum absolute atomic E-state index is 12.2. The predicted octanol–water partition coefficient (Wildman–Crippen LogP) is 4.54. The molecule has 4 heterocycles. The zero-order valence-electron chi connectivity index (χ0n) is 22.9. The molecular weight excluding hydrogens is 514 g/mol. The third-order valence-electron chi connectivity index (χ3n) is 7.28. The van der Waals surface area contributed by atoms with E-state index in [0.29, 0.717) is 24.7 Å². The fourth-order valence-electron chi connectivity index (χ4n) is 5.13. The Balaban J connectivity index is 1.30. The van der Waals surface area contributed by atoms with Crippen molar-refractivity contribution in [3.63, 3.8) is 0 Å². The van der Waals surface area contributed by atoms with Gasteiger partial charge in [-0.2, -0.15) is 0 Å². The van der Waals surface area contributed by atoms with Crippen LogP contribution in [0.2, 0.25) is 0 Å². The number of carbonyl (C=O) groups is 1. The van der Waals surface area contributed by atoms with E-state index in [1.165, 1.54) is 25.0 Å². The number of nitrogens with zero attached hydrogens (tertiary/aromatic N) is 6. The minimum atomic E-state index is -0.0162. The summed E-state index contributed by atoms with van der Waals surface area (Å²) >= 11 is 0. The largest absolute Gasteiger partial charge is 0.504 e. The first kappa shape index (κ1) is 26.2. The van der Waals surface area contributed by atoms with Gasteiger partial charge < -0.3 is 15.4 Å². The molecule has 0 saturated carbocycles. The number of nitrogens with two attached hydrogens (primary N) is 1. The Kier molecular flexibility index (Phi) is 7.42. The molecule has 0 bridgehead atoms. The van der Waals surface area contributed by atoms with Crippen LogP contribution in [0.25, 0.3) is 39.5 Å². The van der Waals surface area contributed by atoms with Crippen LogP contribution < -0.4 is 5.73 Å². The number of rotatable bonds is 7. The third kappa shape index (κ3) is 5.53. The lowest BCUT2D eigenvalue weighted by Crippen LogP contribution is -2.47. The van der Waals surface area contributed by atoms with Crippen molar-refractivity contribution in [3.05, 3.63) is 103 Å². The zero-order valence-corrected chi connectivity index (χ0v) is 22.9. The highest BCUT2D eigenvalue weighted by Gasteiger charge is 2.21. The summed E-state index contributed by atoms with van der Waals surface area (Å²) in [5, 5.41) is 0. The number of aromatic nitrogens is 4. The van der Waals surface area contributed by atoms with E-state index in [0.717, 1.165) is 53.3 Å². The second-order valence-corrected chi connectivity index (χ2v) is 9.92. The molecule has 2 aromatic carbocycles.